The van der Waals surface area contributed by atoms with E-state index < -0.39 is 0 Å². The molecular formula is C17H32N2O2. The summed E-state index contributed by atoms with van der Waals surface area (Å²) in [4.78, 5) is 11.8. The maximum absolute atomic E-state index is 11.8. The number of nitrogens with one attached hydrogen (secondary N) is 2. The summed E-state index contributed by atoms with van der Waals surface area (Å²) in [5.41, 5.74) is 0. The highest BCUT2D eigenvalue weighted by molar-refractivity contribution is 5.75. The summed E-state index contributed by atoms with van der Waals surface area (Å²) in [7, 11) is 0. The van der Waals surface area contributed by atoms with Gasteiger partial charge in [-0.1, -0.05) is 26.2 Å². The van der Waals surface area contributed by atoms with Gasteiger partial charge in [0.1, 0.15) is 0 Å². The van der Waals surface area contributed by atoms with Crippen LogP contribution in [0.1, 0.15) is 58.3 Å². The van der Waals surface area contributed by atoms with Gasteiger partial charge in [0.25, 0.3) is 0 Å². The van der Waals surface area contributed by atoms with Crippen LogP contribution in [0.2, 0.25) is 0 Å². The molecule has 0 unspecified atom stereocenters. The van der Waals surface area contributed by atoms with Crippen molar-refractivity contribution in [1.82, 2.24) is 10.6 Å². The molecule has 1 aliphatic heterocycles. The van der Waals surface area contributed by atoms with Crippen LogP contribution in [0, 0.1) is 11.8 Å². The zero-order valence-electron chi connectivity index (χ0n) is 13.5. The minimum absolute atomic E-state index is 0.154. The molecule has 2 aliphatic rings. The fourth-order valence-electron chi connectivity index (χ4n) is 3.47. The third-order valence-corrected chi connectivity index (χ3v) is 5.10. The van der Waals surface area contributed by atoms with Crippen molar-refractivity contribution in [1.29, 1.82) is 0 Å². The first-order valence-electron chi connectivity index (χ1n) is 8.87. The molecule has 4 nitrogen and oxygen atoms in total. The van der Waals surface area contributed by atoms with Crippen molar-refractivity contribution in [3.63, 3.8) is 0 Å². The largest absolute Gasteiger partial charge is 0.378 e. The summed E-state index contributed by atoms with van der Waals surface area (Å²) >= 11 is 0. The van der Waals surface area contributed by atoms with Crippen LogP contribution in [-0.4, -0.2) is 38.3 Å². The van der Waals surface area contributed by atoms with Gasteiger partial charge < -0.3 is 15.4 Å². The molecule has 1 saturated heterocycles. The summed E-state index contributed by atoms with van der Waals surface area (Å²) in [6.45, 7) is 5.80. The molecule has 1 aliphatic carbocycles. The molecule has 0 atom stereocenters. The van der Waals surface area contributed by atoms with Crippen molar-refractivity contribution in [2.24, 2.45) is 11.8 Å². The second-order valence-electron chi connectivity index (χ2n) is 6.67. The van der Waals surface area contributed by atoms with Crippen LogP contribution in [0.3, 0.4) is 0 Å². The number of amides is 1. The lowest BCUT2D eigenvalue weighted by Gasteiger charge is -2.27. The van der Waals surface area contributed by atoms with Crippen molar-refractivity contribution < 1.29 is 9.53 Å². The minimum atomic E-state index is 0.154. The predicted octanol–water partition coefficient (Wildman–Crippen LogP) is 2.48. The second kappa shape index (κ2) is 9.42. The average Bonchev–Trinajstić information content (AvgIpc) is 2.54. The van der Waals surface area contributed by atoms with Gasteiger partial charge in [-0.25, -0.2) is 0 Å². The summed E-state index contributed by atoms with van der Waals surface area (Å²) in [5, 5.41) is 6.41. The van der Waals surface area contributed by atoms with Crippen molar-refractivity contribution in [2.45, 2.75) is 64.4 Å². The van der Waals surface area contributed by atoms with Crippen LogP contribution in [0.4, 0.5) is 0 Å². The first-order chi connectivity index (χ1) is 10.3. The quantitative estimate of drug-likeness (QED) is 0.759. The van der Waals surface area contributed by atoms with Crippen molar-refractivity contribution >= 4 is 5.91 Å². The standard InChI is InChI=1S/C17H32N2O2/c1-2-14-3-5-15(6-4-14)13-19-17(20)9-12-21-16-7-10-18-11-8-16/h14-16,18H,2-13H2,1H3,(H,19,20). The SMILES string of the molecule is CCC1CCC(CNC(=O)CCOC2CCNCC2)CC1. The van der Waals surface area contributed by atoms with E-state index in [0.29, 0.717) is 25.0 Å². The lowest BCUT2D eigenvalue weighted by atomic mass is 9.81. The Hall–Kier alpha value is -0.610. The predicted molar refractivity (Wildman–Crippen MR) is 85.2 cm³/mol. The Labute approximate surface area is 129 Å². The Morgan fingerprint density at radius 1 is 1.10 bits per heavy atom. The molecule has 0 aromatic heterocycles. The van der Waals surface area contributed by atoms with Crippen LogP contribution in [-0.2, 0) is 9.53 Å². The average molecular weight is 296 g/mol. The van der Waals surface area contributed by atoms with Crippen LogP contribution >= 0.6 is 0 Å². The van der Waals surface area contributed by atoms with Gasteiger partial charge >= 0.3 is 0 Å². The topological polar surface area (TPSA) is 50.4 Å². The van der Waals surface area contributed by atoms with E-state index in [1.165, 1.54) is 32.1 Å². The Morgan fingerprint density at radius 2 is 1.76 bits per heavy atom. The molecule has 0 aromatic carbocycles. The molecule has 4 heteroatoms. The van der Waals surface area contributed by atoms with Crippen LogP contribution in [0.25, 0.3) is 0 Å². The van der Waals surface area contributed by atoms with Gasteiger partial charge in [-0.15, -0.1) is 0 Å². The fourth-order valence-corrected chi connectivity index (χ4v) is 3.47. The summed E-state index contributed by atoms with van der Waals surface area (Å²) < 4.78 is 5.77. The number of rotatable bonds is 7. The highest BCUT2D eigenvalue weighted by atomic mass is 16.5. The second-order valence-corrected chi connectivity index (χ2v) is 6.67. The molecule has 1 saturated carbocycles. The van der Waals surface area contributed by atoms with E-state index >= 15 is 0 Å². The van der Waals surface area contributed by atoms with E-state index in [-0.39, 0.29) is 5.91 Å². The Bertz CT molecular complexity index is 295. The Kier molecular flexibility index (Phi) is 7.51. The van der Waals surface area contributed by atoms with Gasteiger partial charge in [-0.2, -0.15) is 0 Å². The molecule has 1 amide bonds. The van der Waals surface area contributed by atoms with Gasteiger partial charge in [-0.05, 0) is 50.6 Å². The molecule has 21 heavy (non-hydrogen) atoms. The fraction of sp³-hybridized carbons (Fsp3) is 0.941. The number of hydrogen-bond acceptors (Lipinski definition) is 3. The van der Waals surface area contributed by atoms with Gasteiger partial charge in [0.2, 0.25) is 5.91 Å². The molecule has 0 bridgehead atoms. The summed E-state index contributed by atoms with van der Waals surface area (Å²) in [5.74, 6) is 1.78. The third kappa shape index (κ3) is 6.35. The number of piperidine rings is 1. The highest BCUT2D eigenvalue weighted by Crippen LogP contribution is 2.30. The normalized spacial score (nSPS) is 27.5. The van der Waals surface area contributed by atoms with Crippen molar-refractivity contribution in [3.8, 4) is 0 Å². The number of carbonyl (C=O) groups is 1. The zero-order valence-corrected chi connectivity index (χ0v) is 13.5. The third-order valence-electron chi connectivity index (χ3n) is 5.10. The smallest absolute Gasteiger partial charge is 0.222 e. The molecule has 2 rings (SSSR count). The van der Waals surface area contributed by atoms with E-state index in [2.05, 4.69) is 17.6 Å². The van der Waals surface area contributed by atoms with E-state index in [9.17, 15) is 4.79 Å². The van der Waals surface area contributed by atoms with Crippen LogP contribution < -0.4 is 10.6 Å². The lowest BCUT2D eigenvalue weighted by molar-refractivity contribution is -0.123. The van der Waals surface area contributed by atoms with Gasteiger partial charge in [0, 0.05) is 13.0 Å². The minimum Gasteiger partial charge on any atom is -0.378 e. The first-order valence-corrected chi connectivity index (χ1v) is 8.87. The molecule has 2 fully saturated rings. The number of hydrogen-bond donors (Lipinski definition) is 2. The van der Waals surface area contributed by atoms with E-state index in [0.717, 1.165) is 38.4 Å². The van der Waals surface area contributed by atoms with Gasteiger partial charge in [0.05, 0.1) is 12.7 Å². The Morgan fingerprint density at radius 3 is 2.43 bits per heavy atom. The Balaban J connectivity index is 1.49. The van der Waals surface area contributed by atoms with E-state index in [4.69, 9.17) is 4.74 Å². The summed E-state index contributed by atoms with van der Waals surface area (Å²) in [6, 6.07) is 0. The highest BCUT2D eigenvalue weighted by Gasteiger charge is 2.20. The monoisotopic (exact) mass is 296 g/mol. The van der Waals surface area contributed by atoms with Crippen LogP contribution in [0.5, 0.6) is 0 Å². The number of carbonyl (C=O) groups excluding carboxylic acids is 1. The molecule has 122 valence electrons. The van der Waals surface area contributed by atoms with Gasteiger partial charge in [0.15, 0.2) is 0 Å². The molecule has 2 N–H and O–H groups in total. The van der Waals surface area contributed by atoms with E-state index in [1.54, 1.807) is 0 Å². The van der Waals surface area contributed by atoms with Gasteiger partial charge in [-0.3, -0.25) is 4.79 Å². The van der Waals surface area contributed by atoms with Crippen molar-refractivity contribution in [2.75, 3.05) is 26.2 Å². The molecule has 1 heterocycles. The number of ether oxygens (including phenoxy) is 1. The lowest BCUT2D eigenvalue weighted by Crippen LogP contribution is -2.34. The van der Waals surface area contributed by atoms with Crippen molar-refractivity contribution in [3.05, 3.63) is 0 Å². The van der Waals surface area contributed by atoms with E-state index in [1.807, 2.05) is 0 Å². The summed E-state index contributed by atoms with van der Waals surface area (Å²) in [6.07, 6.45) is 9.56. The molecule has 0 radical (unpaired) electrons. The maximum Gasteiger partial charge on any atom is 0.222 e. The zero-order chi connectivity index (χ0) is 14.9. The first kappa shape index (κ1) is 16.8. The molecular weight excluding hydrogens is 264 g/mol. The molecule has 0 aromatic rings. The van der Waals surface area contributed by atoms with Crippen LogP contribution in [0.15, 0.2) is 0 Å². The maximum atomic E-state index is 11.8. The molecule has 0 spiro atoms.